The molecular formula is C10H17NO3S. The van der Waals surface area contributed by atoms with E-state index < -0.39 is 12.2 Å². The van der Waals surface area contributed by atoms with Crippen molar-refractivity contribution in [1.29, 1.82) is 0 Å². The van der Waals surface area contributed by atoms with Gasteiger partial charge in [-0.25, -0.2) is 0 Å². The number of hydrogen-bond acceptors (Lipinski definition) is 5. The number of rotatable bonds is 6. The van der Waals surface area contributed by atoms with Crippen molar-refractivity contribution in [2.45, 2.75) is 25.2 Å². The number of aliphatic hydroxyl groups excluding tert-OH is 2. The van der Waals surface area contributed by atoms with Gasteiger partial charge in [0.15, 0.2) is 0 Å². The number of ether oxygens (including phenoxy) is 1. The van der Waals surface area contributed by atoms with Gasteiger partial charge in [0.1, 0.15) is 6.10 Å². The Morgan fingerprint density at radius 3 is 2.87 bits per heavy atom. The van der Waals surface area contributed by atoms with E-state index in [9.17, 15) is 10.2 Å². The summed E-state index contributed by atoms with van der Waals surface area (Å²) in [6.45, 7) is 0.900. The molecule has 2 atom stereocenters. The monoisotopic (exact) mass is 231 g/mol. The molecular weight excluding hydrogens is 214 g/mol. The Labute approximate surface area is 93.3 Å². The minimum Gasteiger partial charge on any atom is -0.390 e. The fourth-order valence-corrected chi connectivity index (χ4v) is 2.21. The van der Waals surface area contributed by atoms with Crippen molar-refractivity contribution in [3.8, 4) is 0 Å². The Balaban J connectivity index is 2.60. The zero-order valence-corrected chi connectivity index (χ0v) is 9.54. The van der Waals surface area contributed by atoms with E-state index in [1.54, 1.807) is 7.11 Å². The van der Waals surface area contributed by atoms with Gasteiger partial charge in [-0.05, 0) is 30.0 Å². The molecule has 0 aliphatic rings. The van der Waals surface area contributed by atoms with E-state index in [4.69, 9.17) is 10.5 Å². The molecule has 5 heteroatoms. The van der Waals surface area contributed by atoms with Crippen LogP contribution in [0.25, 0.3) is 0 Å². The predicted molar refractivity (Wildman–Crippen MR) is 59.7 cm³/mol. The highest BCUT2D eigenvalue weighted by molar-refractivity contribution is 7.10. The van der Waals surface area contributed by atoms with Crippen LogP contribution in [0.3, 0.4) is 0 Å². The summed E-state index contributed by atoms with van der Waals surface area (Å²) in [4.78, 5) is 1.03. The number of thiophene rings is 1. The van der Waals surface area contributed by atoms with Gasteiger partial charge in [-0.2, -0.15) is 0 Å². The van der Waals surface area contributed by atoms with Crippen molar-refractivity contribution < 1.29 is 14.9 Å². The van der Waals surface area contributed by atoms with Gasteiger partial charge in [0.25, 0.3) is 0 Å². The van der Waals surface area contributed by atoms with Crippen molar-refractivity contribution in [3.63, 3.8) is 0 Å². The highest BCUT2D eigenvalue weighted by Gasteiger charge is 2.18. The molecule has 0 spiro atoms. The van der Waals surface area contributed by atoms with Crippen molar-refractivity contribution in [2.75, 3.05) is 13.7 Å². The number of hydrogen-bond donors (Lipinski definition) is 3. The molecule has 0 aromatic carbocycles. The van der Waals surface area contributed by atoms with Crippen molar-refractivity contribution in [2.24, 2.45) is 5.73 Å². The molecule has 0 saturated carbocycles. The van der Waals surface area contributed by atoms with E-state index in [2.05, 4.69) is 0 Å². The molecule has 0 radical (unpaired) electrons. The minimum absolute atomic E-state index is 0.368. The SMILES string of the molecule is COCc1cc(C(O)C(O)CCN)cs1. The Hall–Kier alpha value is -0.460. The molecule has 2 unspecified atom stereocenters. The molecule has 0 aliphatic carbocycles. The Bertz CT molecular complexity index is 290. The average molecular weight is 231 g/mol. The third-order valence-corrected chi connectivity index (χ3v) is 3.06. The highest BCUT2D eigenvalue weighted by Crippen LogP contribution is 2.24. The van der Waals surface area contributed by atoms with E-state index in [-0.39, 0.29) is 0 Å². The fourth-order valence-electron chi connectivity index (χ4n) is 1.32. The first kappa shape index (κ1) is 12.6. The molecule has 0 saturated heterocycles. The van der Waals surface area contributed by atoms with Crippen LogP contribution in [-0.4, -0.2) is 30.0 Å². The summed E-state index contributed by atoms with van der Waals surface area (Å²) in [6.07, 6.45) is -1.24. The second-order valence-corrected chi connectivity index (χ2v) is 4.36. The van der Waals surface area contributed by atoms with Crippen LogP contribution in [0.2, 0.25) is 0 Å². The van der Waals surface area contributed by atoms with Gasteiger partial charge in [0.2, 0.25) is 0 Å². The van der Waals surface area contributed by atoms with Crippen LogP contribution >= 0.6 is 11.3 Å². The van der Waals surface area contributed by atoms with Crippen molar-refractivity contribution in [3.05, 3.63) is 21.9 Å². The standard InChI is InChI=1S/C10H17NO3S/c1-14-5-8-4-7(6-15-8)10(13)9(12)2-3-11/h4,6,9-10,12-13H,2-3,5,11H2,1H3. The largest absolute Gasteiger partial charge is 0.390 e. The lowest BCUT2D eigenvalue weighted by Gasteiger charge is -2.15. The zero-order chi connectivity index (χ0) is 11.3. The molecule has 0 fully saturated rings. The van der Waals surface area contributed by atoms with Crippen LogP contribution < -0.4 is 5.73 Å². The molecule has 0 amide bonds. The number of methoxy groups -OCH3 is 1. The predicted octanol–water partition coefficient (Wildman–Crippen LogP) is 0.638. The summed E-state index contributed by atoms with van der Waals surface area (Å²) < 4.78 is 4.98. The highest BCUT2D eigenvalue weighted by atomic mass is 32.1. The van der Waals surface area contributed by atoms with Gasteiger partial charge in [-0.15, -0.1) is 11.3 Å². The second-order valence-electron chi connectivity index (χ2n) is 3.37. The van der Waals surface area contributed by atoms with E-state index in [0.29, 0.717) is 19.6 Å². The first-order valence-corrected chi connectivity index (χ1v) is 5.69. The summed E-state index contributed by atoms with van der Waals surface area (Å²) in [5.41, 5.74) is 6.04. The molecule has 1 aromatic rings. The Morgan fingerprint density at radius 2 is 2.27 bits per heavy atom. The van der Waals surface area contributed by atoms with Gasteiger partial charge >= 0.3 is 0 Å². The molecule has 0 aliphatic heterocycles. The second kappa shape index (κ2) is 6.19. The van der Waals surface area contributed by atoms with E-state index in [1.807, 2.05) is 11.4 Å². The molecule has 15 heavy (non-hydrogen) atoms. The lowest BCUT2D eigenvalue weighted by molar-refractivity contribution is 0.0152. The summed E-state index contributed by atoms with van der Waals surface area (Å²) in [5.74, 6) is 0. The minimum atomic E-state index is -0.851. The average Bonchev–Trinajstić information content (AvgIpc) is 2.66. The third kappa shape index (κ3) is 3.55. The smallest absolute Gasteiger partial charge is 0.106 e. The summed E-state index contributed by atoms with van der Waals surface area (Å²) in [7, 11) is 1.62. The van der Waals surface area contributed by atoms with Crippen LogP contribution in [0.15, 0.2) is 11.4 Å². The molecule has 4 nitrogen and oxygen atoms in total. The van der Waals surface area contributed by atoms with Crippen LogP contribution in [0.4, 0.5) is 0 Å². The van der Waals surface area contributed by atoms with Crippen LogP contribution in [0, 0.1) is 0 Å². The van der Waals surface area contributed by atoms with Crippen LogP contribution in [0.5, 0.6) is 0 Å². The zero-order valence-electron chi connectivity index (χ0n) is 8.72. The number of aliphatic hydroxyl groups is 2. The molecule has 0 bridgehead atoms. The first-order valence-electron chi connectivity index (χ1n) is 4.81. The molecule has 1 aromatic heterocycles. The lowest BCUT2D eigenvalue weighted by atomic mass is 10.1. The van der Waals surface area contributed by atoms with E-state index in [1.165, 1.54) is 11.3 Å². The van der Waals surface area contributed by atoms with Crippen molar-refractivity contribution >= 4 is 11.3 Å². The Kier molecular flexibility index (Phi) is 5.21. The maximum atomic E-state index is 9.76. The number of nitrogens with two attached hydrogens (primary N) is 1. The van der Waals surface area contributed by atoms with Gasteiger partial charge < -0.3 is 20.7 Å². The fraction of sp³-hybridized carbons (Fsp3) is 0.600. The normalized spacial score (nSPS) is 15.2. The molecule has 4 N–H and O–H groups in total. The summed E-state index contributed by atoms with van der Waals surface area (Å²) >= 11 is 1.51. The Morgan fingerprint density at radius 1 is 1.53 bits per heavy atom. The van der Waals surface area contributed by atoms with E-state index >= 15 is 0 Å². The summed E-state index contributed by atoms with van der Waals surface area (Å²) in [6, 6.07) is 1.85. The third-order valence-electron chi connectivity index (χ3n) is 2.13. The molecule has 86 valence electrons. The van der Waals surface area contributed by atoms with Crippen molar-refractivity contribution in [1.82, 2.24) is 0 Å². The maximum absolute atomic E-state index is 9.76. The van der Waals surface area contributed by atoms with Gasteiger partial charge in [-0.3, -0.25) is 0 Å². The summed E-state index contributed by atoms with van der Waals surface area (Å²) in [5, 5.41) is 21.1. The van der Waals surface area contributed by atoms with Crippen LogP contribution in [0.1, 0.15) is 23.0 Å². The lowest BCUT2D eigenvalue weighted by Crippen LogP contribution is -2.21. The van der Waals surface area contributed by atoms with Gasteiger partial charge in [-0.1, -0.05) is 0 Å². The maximum Gasteiger partial charge on any atom is 0.106 e. The van der Waals surface area contributed by atoms with Crippen LogP contribution in [-0.2, 0) is 11.3 Å². The topological polar surface area (TPSA) is 75.7 Å². The quantitative estimate of drug-likeness (QED) is 0.671. The van der Waals surface area contributed by atoms with Gasteiger partial charge in [0, 0.05) is 12.0 Å². The van der Waals surface area contributed by atoms with E-state index in [0.717, 1.165) is 10.4 Å². The first-order chi connectivity index (χ1) is 7.19. The molecule has 1 heterocycles. The molecule has 1 rings (SSSR count). The van der Waals surface area contributed by atoms with Gasteiger partial charge in [0.05, 0.1) is 12.7 Å².